The fourth-order valence-corrected chi connectivity index (χ4v) is 3.30. The minimum Gasteiger partial charge on any atom is -0.497 e. The first-order valence-corrected chi connectivity index (χ1v) is 10.1. The molecule has 0 bridgehead atoms. The van der Waals surface area contributed by atoms with Gasteiger partial charge in [-0.3, -0.25) is 4.79 Å². The summed E-state index contributed by atoms with van der Waals surface area (Å²) in [4.78, 5) is 15.0. The van der Waals surface area contributed by atoms with Crippen molar-refractivity contribution in [3.63, 3.8) is 0 Å². The third-order valence-corrected chi connectivity index (χ3v) is 5.08. The molecule has 0 N–H and O–H groups in total. The molecule has 3 nitrogen and oxygen atoms in total. The highest BCUT2D eigenvalue weighted by Gasteiger charge is 2.21. The molecule has 2 aromatic rings. The summed E-state index contributed by atoms with van der Waals surface area (Å²) in [6.45, 7) is 4.95. The molecule has 0 aliphatic heterocycles. The number of benzene rings is 2. The molecule has 0 aliphatic carbocycles. The summed E-state index contributed by atoms with van der Waals surface area (Å²) in [5, 5.41) is 0. The van der Waals surface area contributed by atoms with E-state index in [1.165, 1.54) is 24.8 Å². The molecular weight excluding hydrogens is 334 g/mol. The molecule has 1 unspecified atom stereocenters. The Morgan fingerprint density at radius 1 is 0.963 bits per heavy atom. The molecular formula is C24H33NO2. The number of carbonyl (C=O) groups is 1. The molecule has 2 rings (SSSR count). The summed E-state index contributed by atoms with van der Waals surface area (Å²) in [5.41, 5.74) is 2.29. The van der Waals surface area contributed by atoms with E-state index in [1.54, 1.807) is 7.11 Å². The lowest BCUT2D eigenvalue weighted by atomic mass is 10.0. The van der Waals surface area contributed by atoms with Crippen molar-refractivity contribution < 1.29 is 9.53 Å². The predicted octanol–water partition coefficient (Wildman–Crippen LogP) is 6.15. The SMILES string of the molecule is CCCCCCCC(=O)N(Cc1ccc(OC)cc1)C(C)c1ccccc1. The Hall–Kier alpha value is -2.29. The zero-order chi connectivity index (χ0) is 19.5. The van der Waals surface area contributed by atoms with Gasteiger partial charge in [0.1, 0.15) is 5.75 Å². The smallest absolute Gasteiger partial charge is 0.223 e. The first kappa shape index (κ1) is 21.0. The quantitative estimate of drug-likeness (QED) is 0.446. The molecule has 0 aliphatic rings. The van der Waals surface area contributed by atoms with E-state index >= 15 is 0 Å². The van der Waals surface area contributed by atoms with Gasteiger partial charge in [-0.25, -0.2) is 0 Å². The maximum absolute atomic E-state index is 13.0. The maximum Gasteiger partial charge on any atom is 0.223 e. The molecule has 3 heteroatoms. The second-order valence-corrected chi connectivity index (χ2v) is 7.12. The highest BCUT2D eigenvalue weighted by atomic mass is 16.5. The van der Waals surface area contributed by atoms with Crippen LogP contribution in [0.15, 0.2) is 54.6 Å². The summed E-state index contributed by atoms with van der Waals surface area (Å²) in [6, 6.07) is 18.3. The Labute approximate surface area is 164 Å². The largest absolute Gasteiger partial charge is 0.497 e. The lowest BCUT2D eigenvalue weighted by Crippen LogP contribution is -2.33. The highest BCUT2D eigenvalue weighted by molar-refractivity contribution is 5.76. The minimum atomic E-state index is 0.0523. The van der Waals surface area contributed by atoms with E-state index in [0.717, 1.165) is 24.2 Å². The van der Waals surface area contributed by atoms with Crippen LogP contribution in [0.1, 0.15) is 69.5 Å². The van der Waals surface area contributed by atoms with Crippen molar-refractivity contribution in [2.24, 2.45) is 0 Å². The second kappa shape index (κ2) is 11.4. The lowest BCUT2D eigenvalue weighted by Gasteiger charge is -2.30. The fourth-order valence-electron chi connectivity index (χ4n) is 3.30. The van der Waals surface area contributed by atoms with Gasteiger partial charge in [-0.15, -0.1) is 0 Å². The van der Waals surface area contributed by atoms with Crippen LogP contribution < -0.4 is 4.74 Å². The van der Waals surface area contributed by atoms with Gasteiger partial charge in [0, 0.05) is 13.0 Å². The number of methoxy groups -OCH3 is 1. The average Bonchev–Trinajstić information content (AvgIpc) is 2.72. The van der Waals surface area contributed by atoms with Crippen LogP contribution in [0.25, 0.3) is 0 Å². The molecule has 0 aromatic heterocycles. The molecule has 146 valence electrons. The van der Waals surface area contributed by atoms with Crippen molar-refractivity contribution in [3.05, 3.63) is 65.7 Å². The van der Waals surface area contributed by atoms with Crippen LogP contribution in [0, 0.1) is 0 Å². The summed E-state index contributed by atoms with van der Waals surface area (Å²) in [6.07, 6.45) is 6.43. The molecule has 0 fully saturated rings. The molecule has 1 atom stereocenters. The minimum absolute atomic E-state index is 0.0523. The Morgan fingerprint density at radius 3 is 2.26 bits per heavy atom. The summed E-state index contributed by atoms with van der Waals surface area (Å²) in [5.74, 6) is 1.07. The zero-order valence-corrected chi connectivity index (χ0v) is 17.0. The molecule has 0 spiro atoms. The van der Waals surface area contributed by atoms with Crippen LogP contribution in [0.3, 0.4) is 0 Å². The number of hydrogen-bond donors (Lipinski definition) is 0. The predicted molar refractivity (Wildman–Crippen MR) is 112 cm³/mol. The van der Waals surface area contributed by atoms with Gasteiger partial charge >= 0.3 is 0 Å². The zero-order valence-electron chi connectivity index (χ0n) is 17.0. The molecule has 1 amide bonds. The van der Waals surface area contributed by atoms with E-state index in [1.807, 2.05) is 47.4 Å². The van der Waals surface area contributed by atoms with Crippen molar-refractivity contribution in [2.75, 3.05) is 7.11 Å². The van der Waals surface area contributed by atoms with Gasteiger partial charge in [-0.2, -0.15) is 0 Å². The van der Waals surface area contributed by atoms with E-state index in [2.05, 4.69) is 26.0 Å². The standard InChI is InChI=1S/C24H33NO2/c1-4-5-6-7-11-14-24(26)25(20(2)22-12-9-8-10-13-22)19-21-15-17-23(27-3)18-16-21/h8-10,12-13,15-18,20H,4-7,11,14,19H2,1-3H3. The van der Waals surface area contributed by atoms with Crippen LogP contribution in [0.2, 0.25) is 0 Å². The Bertz CT molecular complexity index is 667. The lowest BCUT2D eigenvalue weighted by molar-refractivity contribution is -0.134. The molecule has 0 saturated heterocycles. The number of ether oxygens (including phenoxy) is 1. The van der Waals surface area contributed by atoms with Gasteiger partial charge in [-0.1, -0.05) is 75.1 Å². The van der Waals surface area contributed by atoms with Crippen molar-refractivity contribution in [2.45, 2.75) is 65.0 Å². The normalized spacial score (nSPS) is 11.8. The van der Waals surface area contributed by atoms with E-state index < -0.39 is 0 Å². The molecule has 0 saturated carbocycles. The van der Waals surface area contributed by atoms with Crippen LogP contribution in [0.5, 0.6) is 5.75 Å². The second-order valence-electron chi connectivity index (χ2n) is 7.12. The molecule has 0 heterocycles. The van der Waals surface area contributed by atoms with Crippen molar-refractivity contribution in [1.29, 1.82) is 0 Å². The number of nitrogens with zero attached hydrogens (tertiary/aromatic N) is 1. The number of carbonyl (C=O) groups excluding carboxylic acids is 1. The van der Waals surface area contributed by atoms with Crippen molar-refractivity contribution in [3.8, 4) is 5.75 Å². The van der Waals surface area contributed by atoms with Crippen LogP contribution in [0.4, 0.5) is 0 Å². The van der Waals surface area contributed by atoms with Crippen LogP contribution in [-0.4, -0.2) is 17.9 Å². The number of hydrogen-bond acceptors (Lipinski definition) is 2. The molecule has 0 radical (unpaired) electrons. The number of unbranched alkanes of at least 4 members (excludes halogenated alkanes) is 4. The van der Waals surface area contributed by atoms with Gasteiger partial charge in [0.05, 0.1) is 13.2 Å². The fraction of sp³-hybridized carbons (Fsp3) is 0.458. The van der Waals surface area contributed by atoms with Crippen molar-refractivity contribution in [1.82, 2.24) is 4.90 Å². The summed E-state index contributed by atoms with van der Waals surface area (Å²) < 4.78 is 5.24. The molecule has 27 heavy (non-hydrogen) atoms. The third-order valence-electron chi connectivity index (χ3n) is 5.08. The Morgan fingerprint density at radius 2 is 1.63 bits per heavy atom. The first-order chi connectivity index (χ1) is 13.2. The monoisotopic (exact) mass is 367 g/mol. The number of rotatable bonds is 11. The third kappa shape index (κ3) is 6.74. The Balaban J connectivity index is 2.08. The van der Waals surface area contributed by atoms with Crippen molar-refractivity contribution >= 4 is 5.91 Å². The van der Waals surface area contributed by atoms with E-state index in [4.69, 9.17) is 4.74 Å². The summed E-state index contributed by atoms with van der Waals surface area (Å²) >= 11 is 0. The highest BCUT2D eigenvalue weighted by Crippen LogP contribution is 2.24. The Kier molecular flexibility index (Phi) is 8.90. The van der Waals surface area contributed by atoms with Gasteiger partial charge in [-0.05, 0) is 36.6 Å². The van der Waals surface area contributed by atoms with Gasteiger partial charge in [0.25, 0.3) is 0 Å². The summed E-state index contributed by atoms with van der Waals surface area (Å²) in [7, 11) is 1.67. The van der Waals surface area contributed by atoms with Gasteiger partial charge in [0.15, 0.2) is 0 Å². The van der Waals surface area contributed by atoms with E-state index in [-0.39, 0.29) is 11.9 Å². The number of amides is 1. The maximum atomic E-state index is 13.0. The van der Waals surface area contributed by atoms with Gasteiger partial charge in [0.2, 0.25) is 5.91 Å². The van der Waals surface area contributed by atoms with E-state index in [0.29, 0.717) is 13.0 Å². The molecule has 2 aromatic carbocycles. The van der Waals surface area contributed by atoms with Crippen LogP contribution in [-0.2, 0) is 11.3 Å². The van der Waals surface area contributed by atoms with E-state index in [9.17, 15) is 4.79 Å². The van der Waals surface area contributed by atoms with Gasteiger partial charge < -0.3 is 9.64 Å². The van der Waals surface area contributed by atoms with Crippen LogP contribution >= 0.6 is 0 Å². The first-order valence-electron chi connectivity index (χ1n) is 10.1. The topological polar surface area (TPSA) is 29.5 Å². The average molecular weight is 368 g/mol.